The first-order valence-electron chi connectivity index (χ1n) is 13.0. The number of carbonyl (C=O) groups is 4. The SMILES string of the molecule is CCCCOC(=O)C1=C(C(=O)N(C(=O)c2cccc(F)c2)c2cc(SCC(=O)OCC)c(Cl)cc2F)CCCC1. The van der Waals surface area contributed by atoms with E-state index >= 15 is 4.39 Å². The van der Waals surface area contributed by atoms with Crippen molar-refractivity contribution in [1.29, 1.82) is 0 Å². The molecule has 0 unspecified atom stereocenters. The number of amides is 2. The van der Waals surface area contributed by atoms with E-state index in [0.717, 1.165) is 36.4 Å². The zero-order valence-corrected chi connectivity index (χ0v) is 23.8. The molecule has 11 heteroatoms. The summed E-state index contributed by atoms with van der Waals surface area (Å²) in [6, 6.07) is 6.76. The predicted molar refractivity (Wildman–Crippen MR) is 148 cm³/mol. The lowest BCUT2D eigenvalue weighted by molar-refractivity contribution is -0.140. The average Bonchev–Trinajstić information content (AvgIpc) is 2.93. The van der Waals surface area contributed by atoms with Crippen LogP contribution in [0, 0.1) is 11.6 Å². The van der Waals surface area contributed by atoms with Gasteiger partial charge in [-0.05, 0) is 69.4 Å². The van der Waals surface area contributed by atoms with Crippen LogP contribution in [0.15, 0.2) is 52.4 Å². The molecule has 2 aromatic carbocycles. The third-order valence-electron chi connectivity index (χ3n) is 6.07. The van der Waals surface area contributed by atoms with Crippen LogP contribution in [0.2, 0.25) is 5.02 Å². The van der Waals surface area contributed by atoms with Gasteiger partial charge in [-0.25, -0.2) is 18.5 Å². The molecule has 0 bridgehead atoms. The Kier molecular flexibility index (Phi) is 11.7. The van der Waals surface area contributed by atoms with Crippen molar-refractivity contribution in [3.05, 3.63) is 69.8 Å². The highest BCUT2D eigenvalue weighted by Crippen LogP contribution is 2.36. The van der Waals surface area contributed by atoms with Gasteiger partial charge < -0.3 is 9.47 Å². The number of unbranched alkanes of at least 4 members (excludes halogenated alkanes) is 1. The van der Waals surface area contributed by atoms with Gasteiger partial charge in [-0.15, -0.1) is 11.8 Å². The van der Waals surface area contributed by atoms with Gasteiger partial charge in [-0.2, -0.15) is 0 Å². The maximum atomic E-state index is 15.4. The smallest absolute Gasteiger partial charge is 0.334 e. The first-order chi connectivity index (χ1) is 19.2. The van der Waals surface area contributed by atoms with E-state index in [1.807, 2.05) is 6.92 Å². The predicted octanol–water partition coefficient (Wildman–Crippen LogP) is 6.66. The molecule has 0 aliphatic heterocycles. The first kappa shape index (κ1) is 31.3. The minimum atomic E-state index is -0.996. The standard InChI is InChI=1S/C29H30ClF2NO6S/c1-3-5-13-39-29(37)21-12-7-6-11-20(21)28(36)33(27(35)18-9-8-10-19(31)14-18)24-16-25(22(30)15-23(24)32)40-17-26(34)38-4-2/h8-10,14-16H,3-7,11-13,17H2,1-2H3. The van der Waals surface area contributed by atoms with Crippen molar-refractivity contribution >= 4 is 52.8 Å². The molecule has 0 atom stereocenters. The van der Waals surface area contributed by atoms with Gasteiger partial charge in [0.25, 0.3) is 11.8 Å². The van der Waals surface area contributed by atoms with E-state index in [9.17, 15) is 23.6 Å². The van der Waals surface area contributed by atoms with Crippen LogP contribution in [0.3, 0.4) is 0 Å². The van der Waals surface area contributed by atoms with Crippen molar-refractivity contribution in [3.8, 4) is 0 Å². The molecule has 0 radical (unpaired) electrons. The van der Waals surface area contributed by atoms with Crippen LogP contribution < -0.4 is 4.90 Å². The fourth-order valence-corrected chi connectivity index (χ4v) is 5.16. The number of nitrogens with zero attached hydrogens (tertiary/aromatic N) is 1. The van der Waals surface area contributed by atoms with E-state index in [1.54, 1.807) is 6.92 Å². The molecule has 1 aliphatic rings. The van der Waals surface area contributed by atoms with Gasteiger partial charge in [-0.3, -0.25) is 14.4 Å². The van der Waals surface area contributed by atoms with Gasteiger partial charge in [0.1, 0.15) is 11.6 Å². The van der Waals surface area contributed by atoms with E-state index < -0.39 is 41.1 Å². The second-order valence-electron chi connectivity index (χ2n) is 8.94. The van der Waals surface area contributed by atoms with Gasteiger partial charge in [0.05, 0.1) is 29.7 Å². The third kappa shape index (κ3) is 7.91. The largest absolute Gasteiger partial charge is 0.465 e. The summed E-state index contributed by atoms with van der Waals surface area (Å²) in [6.07, 6.45) is 3.09. The fourth-order valence-electron chi connectivity index (χ4n) is 4.10. The molecule has 2 amide bonds. The fraction of sp³-hybridized carbons (Fsp3) is 0.379. The summed E-state index contributed by atoms with van der Waals surface area (Å²) in [5, 5.41) is -0.0433. The topological polar surface area (TPSA) is 90.0 Å². The van der Waals surface area contributed by atoms with E-state index in [0.29, 0.717) is 24.2 Å². The van der Waals surface area contributed by atoms with Gasteiger partial charge in [0.2, 0.25) is 0 Å². The van der Waals surface area contributed by atoms with Crippen molar-refractivity contribution in [2.24, 2.45) is 0 Å². The summed E-state index contributed by atoms with van der Waals surface area (Å²) < 4.78 is 39.7. The number of rotatable bonds is 11. The summed E-state index contributed by atoms with van der Waals surface area (Å²) in [5.74, 6) is -4.97. The van der Waals surface area contributed by atoms with Crippen molar-refractivity contribution in [2.75, 3.05) is 23.9 Å². The van der Waals surface area contributed by atoms with Crippen molar-refractivity contribution in [2.45, 2.75) is 57.3 Å². The Hall–Kier alpha value is -3.24. The number of esters is 2. The van der Waals surface area contributed by atoms with Gasteiger partial charge in [0.15, 0.2) is 0 Å². The van der Waals surface area contributed by atoms with E-state index in [1.165, 1.54) is 18.2 Å². The second kappa shape index (κ2) is 14.9. The molecule has 214 valence electrons. The van der Waals surface area contributed by atoms with Gasteiger partial charge in [-0.1, -0.05) is 31.0 Å². The van der Waals surface area contributed by atoms with Crippen molar-refractivity contribution in [1.82, 2.24) is 0 Å². The van der Waals surface area contributed by atoms with Gasteiger partial charge >= 0.3 is 11.9 Å². The molecule has 0 saturated carbocycles. The maximum Gasteiger partial charge on any atom is 0.334 e. The monoisotopic (exact) mass is 593 g/mol. The molecule has 3 rings (SSSR count). The Balaban J connectivity index is 2.11. The van der Waals surface area contributed by atoms with Crippen molar-refractivity contribution in [3.63, 3.8) is 0 Å². The highest BCUT2D eigenvalue weighted by molar-refractivity contribution is 8.00. The quantitative estimate of drug-likeness (QED) is 0.124. The van der Waals surface area contributed by atoms with Gasteiger partial charge in [0, 0.05) is 21.6 Å². The number of ether oxygens (including phenoxy) is 2. The third-order valence-corrected chi connectivity index (χ3v) is 7.53. The number of thioether (sulfide) groups is 1. The molecule has 0 fully saturated rings. The average molecular weight is 594 g/mol. The van der Waals surface area contributed by atoms with Crippen LogP contribution in [0.5, 0.6) is 0 Å². The lowest BCUT2D eigenvalue weighted by atomic mass is 9.90. The number of hydrogen-bond acceptors (Lipinski definition) is 7. The summed E-state index contributed by atoms with van der Waals surface area (Å²) in [4.78, 5) is 53.3. The number of anilines is 1. The minimum absolute atomic E-state index is 0.0348. The Morgan fingerprint density at radius 1 is 0.975 bits per heavy atom. The molecule has 40 heavy (non-hydrogen) atoms. The number of carbonyl (C=O) groups excluding carboxylic acids is 4. The van der Waals surface area contributed by atoms with Crippen LogP contribution in [0.1, 0.15) is 62.7 Å². The zero-order valence-electron chi connectivity index (χ0n) is 22.3. The Morgan fingerprint density at radius 3 is 2.38 bits per heavy atom. The first-order valence-corrected chi connectivity index (χ1v) is 14.3. The number of hydrogen-bond donors (Lipinski definition) is 0. The molecule has 0 spiro atoms. The molecule has 0 heterocycles. The highest BCUT2D eigenvalue weighted by atomic mass is 35.5. The molecular formula is C29H30ClF2NO6S. The van der Waals surface area contributed by atoms with E-state index in [-0.39, 0.29) is 58.4 Å². The Bertz CT molecular complexity index is 1320. The van der Waals surface area contributed by atoms with Crippen LogP contribution in [0.25, 0.3) is 0 Å². The van der Waals surface area contributed by atoms with Crippen LogP contribution in [0.4, 0.5) is 14.5 Å². The van der Waals surface area contributed by atoms with Crippen molar-refractivity contribution < 1.29 is 37.4 Å². The molecular weight excluding hydrogens is 564 g/mol. The molecule has 1 aliphatic carbocycles. The number of benzene rings is 2. The normalized spacial score (nSPS) is 13.1. The van der Waals surface area contributed by atoms with E-state index in [2.05, 4.69) is 0 Å². The maximum absolute atomic E-state index is 15.4. The molecule has 0 N–H and O–H groups in total. The summed E-state index contributed by atoms with van der Waals surface area (Å²) >= 11 is 7.16. The Morgan fingerprint density at radius 2 is 1.70 bits per heavy atom. The second-order valence-corrected chi connectivity index (χ2v) is 10.4. The molecule has 7 nitrogen and oxygen atoms in total. The highest BCUT2D eigenvalue weighted by Gasteiger charge is 2.34. The zero-order chi connectivity index (χ0) is 29.2. The van der Waals surface area contributed by atoms with Crippen LogP contribution >= 0.6 is 23.4 Å². The van der Waals surface area contributed by atoms with Crippen LogP contribution in [-0.4, -0.2) is 42.7 Å². The number of halogens is 3. The molecule has 2 aromatic rings. The lowest BCUT2D eigenvalue weighted by Crippen LogP contribution is -2.40. The summed E-state index contributed by atoms with van der Waals surface area (Å²) in [6.45, 7) is 3.95. The summed E-state index contributed by atoms with van der Waals surface area (Å²) in [7, 11) is 0. The summed E-state index contributed by atoms with van der Waals surface area (Å²) in [5.41, 5.74) is -0.484. The number of imide groups is 1. The van der Waals surface area contributed by atoms with Crippen LogP contribution in [-0.2, 0) is 23.9 Å². The lowest BCUT2D eigenvalue weighted by Gasteiger charge is -2.26. The molecule has 0 saturated heterocycles. The minimum Gasteiger partial charge on any atom is -0.465 e. The Labute approximate surface area is 240 Å². The molecule has 0 aromatic heterocycles. The van der Waals surface area contributed by atoms with E-state index in [4.69, 9.17) is 21.1 Å².